The second-order valence-corrected chi connectivity index (χ2v) is 11.5. The molecule has 0 bridgehead atoms. The van der Waals surface area contributed by atoms with Crippen LogP contribution in [0.3, 0.4) is 0 Å². The molecular formula is C26H54OS. The fourth-order valence-electron chi connectivity index (χ4n) is 4.11. The van der Waals surface area contributed by atoms with Gasteiger partial charge in [0.05, 0.1) is 0 Å². The fourth-order valence-corrected chi connectivity index (χ4v) is 5.70. The first-order valence-electron chi connectivity index (χ1n) is 13.0. The lowest BCUT2D eigenvalue weighted by Gasteiger charge is -2.17. The summed E-state index contributed by atoms with van der Waals surface area (Å²) in [6.07, 6.45) is 27.1. The minimum Gasteiger partial charge on any atom is -0.259 e. The molecule has 0 aliphatic carbocycles. The highest BCUT2D eigenvalue weighted by molar-refractivity contribution is 7.86. The predicted molar refractivity (Wildman–Crippen MR) is 131 cm³/mol. The molecule has 0 amide bonds. The molecule has 2 atom stereocenters. The number of unbranched alkanes of at least 4 members (excludes halogenated alkanes) is 16. The van der Waals surface area contributed by atoms with E-state index in [4.69, 9.17) is 0 Å². The maximum Gasteiger partial charge on any atom is 0.0322 e. The summed E-state index contributed by atoms with van der Waals surface area (Å²) in [6, 6.07) is 0. The summed E-state index contributed by atoms with van der Waals surface area (Å²) in [7, 11) is -0.635. The van der Waals surface area contributed by atoms with E-state index in [0.29, 0.717) is 10.5 Å². The van der Waals surface area contributed by atoms with Gasteiger partial charge in [-0.1, -0.05) is 143 Å². The average molecular weight is 415 g/mol. The highest BCUT2D eigenvalue weighted by Crippen LogP contribution is 2.18. The molecule has 0 aromatic carbocycles. The second-order valence-electron chi connectivity index (χ2n) is 9.18. The summed E-state index contributed by atoms with van der Waals surface area (Å²) in [4.78, 5) is 0. The molecule has 0 rings (SSSR count). The van der Waals surface area contributed by atoms with Crippen molar-refractivity contribution in [2.24, 2.45) is 0 Å². The Balaban J connectivity index is 3.51. The Morgan fingerprint density at radius 1 is 0.464 bits per heavy atom. The fraction of sp³-hybridized carbons (Fsp3) is 1.00. The first-order chi connectivity index (χ1) is 13.6. The van der Waals surface area contributed by atoms with E-state index in [1.54, 1.807) is 0 Å². The zero-order valence-corrected chi connectivity index (χ0v) is 20.9. The van der Waals surface area contributed by atoms with Gasteiger partial charge in [0, 0.05) is 21.3 Å². The molecule has 170 valence electrons. The van der Waals surface area contributed by atoms with Crippen molar-refractivity contribution in [2.45, 2.75) is 167 Å². The van der Waals surface area contributed by atoms with Crippen molar-refractivity contribution in [2.75, 3.05) is 0 Å². The summed E-state index contributed by atoms with van der Waals surface area (Å²) in [5, 5.41) is 0.774. The third-order valence-electron chi connectivity index (χ3n) is 6.22. The first kappa shape index (κ1) is 28.1. The molecule has 2 heteroatoms. The minimum absolute atomic E-state index is 0.387. The van der Waals surface area contributed by atoms with Crippen LogP contribution in [0.15, 0.2) is 0 Å². The van der Waals surface area contributed by atoms with Crippen LogP contribution < -0.4 is 0 Å². The van der Waals surface area contributed by atoms with E-state index in [1.807, 2.05) is 0 Å². The lowest BCUT2D eigenvalue weighted by Crippen LogP contribution is -2.21. The van der Waals surface area contributed by atoms with E-state index in [2.05, 4.69) is 27.7 Å². The SMILES string of the molecule is CCCCCCCCCCCC(C)S(=O)C(C)CCCCCCCCCCC. The Bertz CT molecular complexity index is 298. The standard InChI is InChI=1S/C26H54OS/c1-5-7-9-11-13-15-17-19-21-23-25(3)28(27)26(4)24-22-20-18-16-14-12-10-8-6-2/h25-26H,5-24H2,1-4H3. The molecule has 0 radical (unpaired) electrons. The van der Waals surface area contributed by atoms with Gasteiger partial charge in [0.1, 0.15) is 0 Å². The van der Waals surface area contributed by atoms with Gasteiger partial charge in [0.25, 0.3) is 0 Å². The first-order valence-corrected chi connectivity index (χ1v) is 14.3. The van der Waals surface area contributed by atoms with Crippen LogP contribution in [0.4, 0.5) is 0 Å². The van der Waals surface area contributed by atoms with E-state index < -0.39 is 10.8 Å². The lowest BCUT2D eigenvalue weighted by molar-refractivity contribution is 0.547. The molecule has 0 aromatic heterocycles. The van der Waals surface area contributed by atoms with Gasteiger partial charge in [0.2, 0.25) is 0 Å². The highest BCUT2D eigenvalue weighted by Gasteiger charge is 2.17. The van der Waals surface area contributed by atoms with E-state index in [-0.39, 0.29) is 0 Å². The molecule has 0 saturated heterocycles. The average Bonchev–Trinajstić information content (AvgIpc) is 2.70. The smallest absolute Gasteiger partial charge is 0.0322 e. The summed E-state index contributed by atoms with van der Waals surface area (Å²) in [5.74, 6) is 0. The van der Waals surface area contributed by atoms with Crippen molar-refractivity contribution in [3.8, 4) is 0 Å². The molecule has 2 unspecified atom stereocenters. The van der Waals surface area contributed by atoms with Crippen molar-refractivity contribution in [3.05, 3.63) is 0 Å². The minimum atomic E-state index is -0.635. The zero-order chi connectivity index (χ0) is 20.9. The maximum atomic E-state index is 12.7. The van der Waals surface area contributed by atoms with Gasteiger partial charge in [-0.3, -0.25) is 4.21 Å². The Morgan fingerprint density at radius 3 is 1.00 bits per heavy atom. The van der Waals surface area contributed by atoms with Crippen molar-refractivity contribution in [1.82, 2.24) is 0 Å². The van der Waals surface area contributed by atoms with Crippen LogP contribution in [0, 0.1) is 0 Å². The predicted octanol–water partition coefficient (Wildman–Crippen LogP) is 9.35. The Kier molecular flexibility index (Phi) is 22.0. The molecule has 0 aliphatic rings. The Morgan fingerprint density at radius 2 is 0.714 bits per heavy atom. The third-order valence-corrected chi connectivity index (χ3v) is 8.28. The van der Waals surface area contributed by atoms with Crippen molar-refractivity contribution < 1.29 is 4.21 Å². The van der Waals surface area contributed by atoms with Crippen LogP contribution in [0.25, 0.3) is 0 Å². The van der Waals surface area contributed by atoms with Crippen LogP contribution in [-0.4, -0.2) is 14.7 Å². The highest BCUT2D eigenvalue weighted by atomic mass is 32.2. The Labute approximate surface area is 181 Å². The zero-order valence-electron chi connectivity index (χ0n) is 20.1. The van der Waals surface area contributed by atoms with Crippen molar-refractivity contribution in [1.29, 1.82) is 0 Å². The molecule has 0 saturated carbocycles. The molecule has 0 aromatic rings. The molecule has 0 N–H and O–H groups in total. The quantitative estimate of drug-likeness (QED) is 0.161. The summed E-state index contributed by atoms with van der Waals surface area (Å²) >= 11 is 0. The van der Waals surface area contributed by atoms with Gasteiger partial charge in [0.15, 0.2) is 0 Å². The summed E-state index contributed by atoms with van der Waals surface area (Å²) < 4.78 is 12.7. The van der Waals surface area contributed by atoms with Crippen LogP contribution in [0.1, 0.15) is 156 Å². The molecule has 0 fully saturated rings. The normalized spacial score (nSPS) is 14.9. The van der Waals surface area contributed by atoms with Crippen molar-refractivity contribution in [3.63, 3.8) is 0 Å². The van der Waals surface area contributed by atoms with E-state index in [9.17, 15) is 4.21 Å². The van der Waals surface area contributed by atoms with Crippen LogP contribution >= 0.6 is 0 Å². The van der Waals surface area contributed by atoms with E-state index >= 15 is 0 Å². The molecular weight excluding hydrogens is 360 g/mol. The van der Waals surface area contributed by atoms with E-state index in [1.165, 1.54) is 116 Å². The molecule has 0 spiro atoms. The van der Waals surface area contributed by atoms with Gasteiger partial charge < -0.3 is 0 Å². The monoisotopic (exact) mass is 414 g/mol. The van der Waals surface area contributed by atoms with Gasteiger partial charge in [-0.2, -0.15) is 0 Å². The summed E-state index contributed by atoms with van der Waals surface area (Å²) in [6.45, 7) is 8.99. The number of rotatable bonds is 22. The van der Waals surface area contributed by atoms with Gasteiger partial charge >= 0.3 is 0 Å². The molecule has 0 aliphatic heterocycles. The molecule has 1 nitrogen and oxygen atoms in total. The summed E-state index contributed by atoms with van der Waals surface area (Å²) in [5.41, 5.74) is 0. The third kappa shape index (κ3) is 18.2. The number of hydrogen-bond donors (Lipinski definition) is 0. The maximum absolute atomic E-state index is 12.7. The van der Waals surface area contributed by atoms with Crippen LogP contribution in [-0.2, 0) is 10.8 Å². The van der Waals surface area contributed by atoms with Crippen molar-refractivity contribution >= 4 is 10.8 Å². The second kappa shape index (κ2) is 21.8. The largest absolute Gasteiger partial charge is 0.259 e. The number of hydrogen-bond acceptors (Lipinski definition) is 1. The van der Waals surface area contributed by atoms with Gasteiger partial charge in [-0.05, 0) is 12.8 Å². The van der Waals surface area contributed by atoms with Crippen LogP contribution in [0.2, 0.25) is 0 Å². The van der Waals surface area contributed by atoms with Gasteiger partial charge in [-0.25, -0.2) is 0 Å². The van der Waals surface area contributed by atoms with Gasteiger partial charge in [-0.15, -0.1) is 0 Å². The van der Waals surface area contributed by atoms with E-state index in [0.717, 1.165) is 12.8 Å². The molecule has 28 heavy (non-hydrogen) atoms. The lowest BCUT2D eigenvalue weighted by atomic mass is 10.1. The van der Waals surface area contributed by atoms with Crippen LogP contribution in [0.5, 0.6) is 0 Å². The topological polar surface area (TPSA) is 17.1 Å². The molecule has 0 heterocycles. The Hall–Kier alpha value is 0.150.